The van der Waals surface area contributed by atoms with E-state index in [2.05, 4.69) is 5.32 Å². The quantitative estimate of drug-likeness (QED) is 0.914. The van der Waals surface area contributed by atoms with Crippen molar-refractivity contribution >= 4 is 5.91 Å². The summed E-state index contributed by atoms with van der Waals surface area (Å²) in [5.41, 5.74) is 1.88. The third-order valence-corrected chi connectivity index (χ3v) is 3.12. The molecule has 1 N–H and O–H groups in total. The molecule has 4 heteroatoms. The molecule has 0 radical (unpaired) electrons. The van der Waals surface area contributed by atoms with Crippen LogP contribution in [0.2, 0.25) is 0 Å². The number of carbonyl (C=O) groups is 1. The zero-order valence-corrected chi connectivity index (χ0v) is 12.2. The van der Waals surface area contributed by atoms with E-state index in [4.69, 9.17) is 4.74 Å². The lowest BCUT2D eigenvalue weighted by atomic mass is 10.1. The van der Waals surface area contributed by atoms with E-state index < -0.39 is 0 Å². The minimum Gasteiger partial charge on any atom is -0.494 e. The van der Waals surface area contributed by atoms with Gasteiger partial charge in [0.2, 0.25) is 0 Å². The van der Waals surface area contributed by atoms with Crippen LogP contribution in [-0.2, 0) is 6.54 Å². The summed E-state index contributed by atoms with van der Waals surface area (Å²) in [7, 11) is 0. The molecule has 2 rings (SSSR count). The maximum atomic E-state index is 13.4. The van der Waals surface area contributed by atoms with Crippen LogP contribution in [-0.4, -0.2) is 12.5 Å². The fourth-order valence-electron chi connectivity index (χ4n) is 1.90. The van der Waals surface area contributed by atoms with Crippen LogP contribution < -0.4 is 10.1 Å². The van der Waals surface area contributed by atoms with Crippen molar-refractivity contribution in [1.82, 2.24) is 5.32 Å². The highest BCUT2D eigenvalue weighted by Crippen LogP contribution is 2.13. The Morgan fingerprint density at radius 1 is 1.19 bits per heavy atom. The average molecular weight is 287 g/mol. The van der Waals surface area contributed by atoms with Gasteiger partial charge in [0.05, 0.1) is 6.61 Å². The number of aryl methyl sites for hydroxylation is 1. The zero-order valence-electron chi connectivity index (χ0n) is 12.2. The molecule has 3 nitrogen and oxygen atoms in total. The summed E-state index contributed by atoms with van der Waals surface area (Å²) in [6, 6.07) is 11.9. The molecule has 0 aromatic heterocycles. The van der Waals surface area contributed by atoms with Crippen LogP contribution in [0.5, 0.6) is 5.75 Å². The van der Waals surface area contributed by atoms with Gasteiger partial charge in [0.15, 0.2) is 0 Å². The van der Waals surface area contributed by atoms with Crippen molar-refractivity contribution in [2.45, 2.75) is 20.4 Å². The van der Waals surface area contributed by atoms with E-state index in [0.29, 0.717) is 24.3 Å². The molecule has 0 aliphatic rings. The van der Waals surface area contributed by atoms with Gasteiger partial charge >= 0.3 is 0 Å². The first-order valence-electron chi connectivity index (χ1n) is 6.86. The first-order chi connectivity index (χ1) is 10.1. The number of amides is 1. The Morgan fingerprint density at radius 3 is 2.52 bits per heavy atom. The molecule has 0 atom stereocenters. The van der Waals surface area contributed by atoms with E-state index in [1.807, 2.05) is 6.92 Å². The normalized spacial score (nSPS) is 10.2. The summed E-state index contributed by atoms with van der Waals surface area (Å²) in [6.45, 7) is 4.49. The number of carbonyl (C=O) groups excluding carboxylic acids is 1. The van der Waals surface area contributed by atoms with Gasteiger partial charge in [-0.25, -0.2) is 4.39 Å². The van der Waals surface area contributed by atoms with E-state index in [0.717, 1.165) is 11.3 Å². The standard InChI is InChI=1S/C17H18FNO2/c1-3-21-15-8-6-14(7-9-15)17(20)19-11-13-5-4-12(2)16(18)10-13/h4-10H,3,11H2,1-2H3,(H,19,20). The van der Waals surface area contributed by atoms with Gasteiger partial charge in [-0.05, 0) is 55.3 Å². The molecule has 0 heterocycles. The predicted octanol–water partition coefficient (Wildman–Crippen LogP) is 3.46. The number of hydrogen-bond acceptors (Lipinski definition) is 2. The molecule has 0 unspecified atom stereocenters. The number of hydrogen-bond donors (Lipinski definition) is 1. The fraction of sp³-hybridized carbons (Fsp3) is 0.235. The van der Waals surface area contributed by atoms with Crippen LogP contribution >= 0.6 is 0 Å². The van der Waals surface area contributed by atoms with Gasteiger partial charge in [-0.3, -0.25) is 4.79 Å². The second-order valence-electron chi connectivity index (χ2n) is 4.72. The molecule has 2 aromatic carbocycles. The third-order valence-electron chi connectivity index (χ3n) is 3.12. The molecular weight excluding hydrogens is 269 g/mol. The first kappa shape index (κ1) is 15.0. The van der Waals surface area contributed by atoms with Crippen LogP contribution in [0.1, 0.15) is 28.4 Å². The predicted molar refractivity (Wildman–Crippen MR) is 79.9 cm³/mol. The summed E-state index contributed by atoms with van der Waals surface area (Å²) in [5, 5.41) is 2.77. The monoisotopic (exact) mass is 287 g/mol. The molecule has 0 aliphatic carbocycles. The SMILES string of the molecule is CCOc1ccc(C(=O)NCc2ccc(C)c(F)c2)cc1. The molecule has 0 fully saturated rings. The number of halogens is 1. The highest BCUT2D eigenvalue weighted by molar-refractivity contribution is 5.94. The zero-order chi connectivity index (χ0) is 15.2. The fourth-order valence-corrected chi connectivity index (χ4v) is 1.90. The van der Waals surface area contributed by atoms with Crippen molar-refractivity contribution in [3.8, 4) is 5.75 Å². The van der Waals surface area contributed by atoms with Gasteiger partial charge in [-0.15, -0.1) is 0 Å². The molecule has 110 valence electrons. The minimum absolute atomic E-state index is 0.195. The Hall–Kier alpha value is -2.36. The minimum atomic E-state index is -0.261. The number of ether oxygens (including phenoxy) is 1. The Balaban J connectivity index is 1.96. The van der Waals surface area contributed by atoms with Crippen molar-refractivity contribution in [2.75, 3.05) is 6.61 Å². The van der Waals surface area contributed by atoms with Crippen molar-refractivity contribution in [3.05, 3.63) is 65.0 Å². The topological polar surface area (TPSA) is 38.3 Å². The van der Waals surface area contributed by atoms with Gasteiger partial charge in [-0.2, -0.15) is 0 Å². The Labute approximate surface area is 123 Å². The third kappa shape index (κ3) is 4.05. The van der Waals surface area contributed by atoms with Crippen molar-refractivity contribution < 1.29 is 13.9 Å². The van der Waals surface area contributed by atoms with E-state index in [1.165, 1.54) is 6.07 Å². The van der Waals surface area contributed by atoms with Crippen LogP contribution in [0.4, 0.5) is 4.39 Å². The lowest BCUT2D eigenvalue weighted by Gasteiger charge is -2.07. The van der Waals surface area contributed by atoms with Crippen molar-refractivity contribution in [2.24, 2.45) is 0 Å². The maximum Gasteiger partial charge on any atom is 0.251 e. The summed E-state index contributed by atoms with van der Waals surface area (Å²) >= 11 is 0. The van der Waals surface area contributed by atoms with Crippen LogP contribution in [0, 0.1) is 12.7 Å². The molecule has 0 bridgehead atoms. The largest absolute Gasteiger partial charge is 0.494 e. The molecular formula is C17H18FNO2. The van der Waals surface area contributed by atoms with Crippen LogP contribution in [0.25, 0.3) is 0 Å². The molecule has 0 aliphatic heterocycles. The second-order valence-corrected chi connectivity index (χ2v) is 4.72. The number of nitrogens with one attached hydrogen (secondary N) is 1. The number of benzene rings is 2. The van der Waals surface area contributed by atoms with E-state index in [1.54, 1.807) is 43.3 Å². The molecule has 21 heavy (non-hydrogen) atoms. The molecule has 2 aromatic rings. The molecule has 0 spiro atoms. The van der Waals surface area contributed by atoms with Crippen molar-refractivity contribution in [3.63, 3.8) is 0 Å². The Kier molecular flexibility index (Phi) is 4.93. The molecule has 1 amide bonds. The first-order valence-corrected chi connectivity index (χ1v) is 6.86. The smallest absolute Gasteiger partial charge is 0.251 e. The van der Waals surface area contributed by atoms with E-state index in [9.17, 15) is 9.18 Å². The highest BCUT2D eigenvalue weighted by Gasteiger charge is 2.06. The number of rotatable bonds is 5. The lowest BCUT2D eigenvalue weighted by molar-refractivity contribution is 0.0951. The van der Waals surface area contributed by atoms with Gasteiger partial charge in [0.25, 0.3) is 5.91 Å². The second kappa shape index (κ2) is 6.88. The summed E-state index contributed by atoms with van der Waals surface area (Å²) in [6.07, 6.45) is 0. The Bertz CT molecular complexity index is 623. The summed E-state index contributed by atoms with van der Waals surface area (Å²) in [5.74, 6) is 0.275. The van der Waals surface area contributed by atoms with Gasteiger partial charge in [0, 0.05) is 12.1 Å². The summed E-state index contributed by atoms with van der Waals surface area (Å²) < 4.78 is 18.7. The summed E-state index contributed by atoms with van der Waals surface area (Å²) in [4.78, 5) is 12.0. The van der Waals surface area contributed by atoms with Crippen LogP contribution in [0.15, 0.2) is 42.5 Å². The van der Waals surface area contributed by atoms with Gasteiger partial charge in [-0.1, -0.05) is 12.1 Å². The molecule has 0 saturated carbocycles. The lowest BCUT2D eigenvalue weighted by Crippen LogP contribution is -2.22. The van der Waals surface area contributed by atoms with E-state index >= 15 is 0 Å². The average Bonchev–Trinajstić information content (AvgIpc) is 2.49. The van der Waals surface area contributed by atoms with E-state index in [-0.39, 0.29) is 11.7 Å². The maximum absolute atomic E-state index is 13.4. The van der Waals surface area contributed by atoms with Crippen LogP contribution in [0.3, 0.4) is 0 Å². The van der Waals surface area contributed by atoms with Gasteiger partial charge in [0.1, 0.15) is 11.6 Å². The van der Waals surface area contributed by atoms with Crippen molar-refractivity contribution in [1.29, 1.82) is 0 Å². The van der Waals surface area contributed by atoms with Gasteiger partial charge < -0.3 is 10.1 Å². The molecule has 0 saturated heterocycles. The Morgan fingerprint density at radius 2 is 1.90 bits per heavy atom. The highest BCUT2D eigenvalue weighted by atomic mass is 19.1.